The maximum Gasteiger partial charge on any atom is 0.447 e. The van der Waals surface area contributed by atoms with Crippen LogP contribution in [0, 0.1) is 0 Å². The van der Waals surface area contributed by atoms with Crippen molar-refractivity contribution in [3.8, 4) is 0 Å². The highest BCUT2D eigenvalue weighted by molar-refractivity contribution is 8.00. The Bertz CT molecular complexity index is 519. The number of rotatable bonds is 3. The number of hydrogen-bond donors (Lipinski definition) is 2. The fourth-order valence-corrected chi connectivity index (χ4v) is 2.50. The molecule has 92 valence electrons. The zero-order chi connectivity index (χ0) is 12.5. The van der Waals surface area contributed by atoms with Crippen LogP contribution in [-0.4, -0.2) is 17.0 Å². The Kier molecular flexibility index (Phi) is 3.35. The van der Waals surface area contributed by atoms with Crippen molar-refractivity contribution in [1.82, 2.24) is 4.98 Å². The fourth-order valence-electron chi connectivity index (χ4n) is 1.77. The number of halogens is 3. The van der Waals surface area contributed by atoms with Gasteiger partial charge in [0.2, 0.25) is 0 Å². The number of fused-ring (bicyclic) bond motifs is 1. The van der Waals surface area contributed by atoms with Crippen LogP contribution in [0.1, 0.15) is 5.56 Å². The fraction of sp³-hybridized carbons (Fsp3) is 0.273. The first-order valence-corrected chi connectivity index (χ1v) is 5.88. The van der Waals surface area contributed by atoms with Gasteiger partial charge in [-0.2, -0.15) is 13.2 Å². The van der Waals surface area contributed by atoms with Crippen molar-refractivity contribution in [2.24, 2.45) is 5.73 Å². The minimum atomic E-state index is -4.29. The van der Waals surface area contributed by atoms with E-state index in [2.05, 4.69) is 4.98 Å². The molecule has 6 heteroatoms. The molecule has 0 aliphatic heterocycles. The Hall–Kier alpha value is -1.14. The van der Waals surface area contributed by atoms with Crippen LogP contribution in [0.25, 0.3) is 10.9 Å². The summed E-state index contributed by atoms with van der Waals surface area (Å²) in [6.45, 7) is 0.327. The average Bonchev–Trinajstić information content (AvgIpc) is 2.55. The normalized spacial score (nSPS) is 12.2. The van der Waals surface area contributed by atoms with Crippen LogP contribution in [0.2, 0.25) is 0 Å². The SMILES string of the molecule is NCCc1c(SC(F)(F)F)[nH]c2ccccc12. The van der Waals surface area contributed by atoms with E-state index in [1.807, 2.05) is 0 Å². The summed E-state index contributed by atoms with van der Waals surface area (Å²) in [5, 5.41) is 0.953. The van der Waals surface area contributed by atoms with Gasteiger partial charge in [-0.05, 0) is 24.6 Å². The maximum atomic E-state index is 12.4. The third-order valence-corrected chi connectivity index (χ3v) is 3.17. The summed E-state index contributed by atoms with van der Waals surface area (Å²) >= 11 is -0.118. The average molecular weight is 260 g/mol. The van der Waals surface area contributed by atoms with Crippen molar-refractivity contribution in [2.75, 3.05) is 6.54 Å². The molecule has 0 saturated carbocycles. The summed E-state index contributed by atoms with van der Waals surface area (Å²) in [6, 6.07) is 7.15. The lowest BCUT2D eigenvalue weighted by Gasteiger charge is -2.06. The number of alkyl halides is 3. The van der Waals surface area contributed by atoms with Gasteiger partial charge in [0.15, 0.2) is 0 Å². The molecule has 0 unspecified atom stereocenters. The molecule has 0 atom stereocenters. The monoisotopic (exact) mass is 260 g/mol. The van der Waals surface area contributed by atoms with Crippen molar-refractivity contribution >= 4 is 22.7 Å². The van der Waals surface area contributed by atoms with E-state index >= 15 is 0 Å². The molecule has 2 aromatic rings. The van der Waals surface area contributed by atoms with Crippen molar-refractivity contribution in [2.45, 2.75) is 17.0 Å². The highest BCUT2D eigenvalue weighted by atomic mass is 32.2. The molecule has 2 nitrogen and oxygen atoms in total. The molecule has 0 bridgehead atoms. The summed E-state index contributed by atoms with van der Waals surface area (Å²) < 4.78 is 37.2. The Morgan fingerprint density at radius 3 is 2.59 bits per heavy atom. The van der Waals surface area contributed by atoms with E-state index in [-0.39, 0.29) is 16.8 Å². The molecule has 0 aliphatic carbocycles. The highest BCUT2D eigenvalue weighted by Gasteiger charge is 2.31. The third kappa shape index (κ3) is 2.76. The van der Waals surface area contributed by atoms with Gasteiger partial charge in [-0.15, -0.1) is 0 Å². The number of hydrogen-bond acceptors (Lipinski definition) is 2. The molecule has 0 aliphatic rings. The Morgan fingerprint density at radius 1 is 1.24 bits per heavy atom. The highest BCUT2D eigenvalue weighted by Crippen LogP contribution is 2.40. The van der Waals surface area contributed by atoms with Gasteiger partial charge in [-0.3, -0.25) is 0 Å². The second kappa shape index (κ2) is 4.62. The van der Waals surface area contributed by atoms with Gasteiger partial charge in [0.25, 0.3) is 0 Å². The summed E-state index contributed by atoms with van der Waals surface area (Å²) in [5.41, 5.74) is 2.51. The summed E-state index contributed by atoms with van der Waals surface area (Å²) in [5.74, 6) is 0. The third-order valence-electron chi connectivity index (χ3n) is 2.39. The topological polar surface area (TPSA) is 41.8 Å². The number of nitrogens with one attached hydrogen (secondary N) is 1. The molecule has 1 heterocycles. The van der Waals surface area contributed by atoms with Crippen LogP contribution in [-0.2, 0) is 6.42 Å². The zero-order valence-electron chi connectivity index (χ0n) is 8.84. The van der Waals surface area contributed by atoms with Gasteiger partial charge in [0, 0.05) is 22.7 Å². The van der Waals surface area contributed by atoms with Crippen LogP contribution in [0.4, 0.5) is 13.2 Å². The second-order valence-corrected chi connectivity index (χ2v) is 4.64. The molecule has 0 spiro atoms. The standard InChI is InChI=1S/C11H11F3N2S/c12-11(13,14)17-10-8(5-6-15)7-3-1-2-4-9(7)16-10/h1-4,16H,5-6,15H2. The first-order chi connectivity index (χ1) is 8.01. The number of benzene rings is 1. The minimum absolute atomic E-state index is 0.118. The van der Waals surface area contributed by atoms with E-state index in [0.717, 1.165) is 5.39 Å². The quantitative estimate of drug-likeness (QED) is 0.831. The smallest absolute Gasteiger partial charge is 0.349 e. The first kappa shape index (κ1) is 12.3. The van der Waals surface area contributed by atoms with E-state index in [0.29, 0.717) is 24.0 Å². The maximum absolute atomic E-state index is 12.4. The van der Waals surface area contributed by atoms with Crippen LogP contribution in [0.15, 0.2) is 29.3 Å². The van der Waals surface area contributed by atoms with Gasteiger partial charge in [-0.1, -0.05) is 18.2 Å². The Labute approximate surface area is 100 Å². The molecule has 17 heavy (non-hydrogen) atoms. The van der Waals surface area contributed by atoms with Crippen molar-refractivity contribution < 1.29 is 13.2 Å². The molecular formula is C11H11F3N2S. The van der Waals surface area contributed by atoms with Crippen molar-refractivity contribution in [3.05, 3.63) is 29.8 Å². The molecule has 0 amide bonds. The van der Waals surface area contributed by atoms with Crippen LogP contribution in [0.3, 0.4) is 0 Å². The van der Waals surface area contributed by atoms with Crippen LogP contribution in [0.5, 0.6) is 0 Å². The lowest BCUT2D eigenvalue weighted by molar-refractivity contribution is -0.0329. The summed E-state index contributed by atoms with van der Waals surface area (Å²) in [7, 11) is 0. The summed E-state index contributed by atoms with van der Waals surface area (Å²) in [6.07, 6.45) is 0.433. The van der Waals surface area contributed by atoms with E-state index in [9.17, 15) is 13.2 Å². The van der Waals surface area contributed by atoms with E-state index in [4.69, 9.17) is 5.73 Å². The molecule has 3 N–H and O–H groups in total. The lowest BCUT2D eigenvalue weighted by Crippen LogP contribution is -2.05. The molecule has 0 saturated heterocycles. The van der Waals surface area contributed by atoms with Gasteiger partial charge in [0.1, 0.15) is 0 Å². The molecule has 2 rings (SSSR count). The number of para-hydroxylation sites is 1. The predicted octanol–water partition coefficient (Wildman–Crippen LogP) is 3.28. The molecule has 0 fully saturated rings. The van der Waals surface area contributed by atoms with Gasteiger partial charge >= 0.3 is 5.51 Å². The van der Waals surface area contributed by atoms with Crippen LogP contribution < -0.4 is 5.73 Å². The lowest BCUT2D eigenvalue weighted by atomic mass is 10.1. The van der Waals surface area contributed by atoms with Gasteiger partial charge in [-0.25, -0.2) is 0 Å². The first-order valence-electron chi connectivity index (χ1n) is 5.06. The molecular weight excluding hydrogens is 249 g/mol. The van der Waals surface area contributed by atoms with Crippen molar-refractivity contribution in [3.63, 3.8) is 0 Å². The zero-order valence-corrected chi connectivity index (χ0v) is 9.66. The number of nitrogens with two attached hydrogens (primary N) is 1. The minimum Gasteiger partial charge on any atom is -0.349 e. The van der Waals surface area contributed by atoms with Gasteiger partial charge < -0.3 is 10.7 Å². The van der Waals surface area contributed by atoms with Crippen LogP contribution >= 0.6 is 11.8 Å². The largest absolute Gasteiger partial charge is 0.447 e. The second-order valence-electron chi connectivity index (χ2n) is 3.56. The van der Waals surface area contributed by atoms with Crippen molar-refractivity contribution in [1.29, 1.82) is 0 Å². The number of thioether (sulfide) groups is 1. The Balaban J connectivity index is 2.49. The van der Waals surface area contributed by atoms with E-state index in [1.54, 1.807) is 24.3 Å². The number of aromatic amines is 1. The Morgan fingerprint density at radius 2 is 1.94 bits per heavy atom. The predicted molar refractivity (Wildman–Crippen MR) is 63.0 cm³/mol. The summed E-state index contributed by atoms with van der Waals surface area (Å²) in [4.78, 5) is 2.79. The number of H-pyrrole nitrogens is 1. The van der Waals surface area contributed by atoms with E-state index in [1.165, 1.54) is 0 Å². The molecule has 0 radical (unpaired) electrons. The molecule has 1 aromatic heterocycles. The molecule has 1 aromatic carbocycles. The van der Waals surface area contributed by atoms with Gasteiger partial charge in [0.05, 0.1) is 5.03 Å². The van der Waals surface area contributed by atoms with E-state index < -0.39 is 5.51 Å². The number of aromatic nitrogens is 1.